The van der Waals surface area contributed by atoms with Gasteiger partial charge in [0.05, 0.1) is 26.3 Å². The van der Waals surface area contributed by atoms with Crippen LogP contribution in [0.25, 0.3) is 10.1 Å². The van der Waals surface area contributed by atoms with Gasteiger partial charge < -0.3 is 29.0 Å². The quantitative estimate of drug-likeness (QED) is 0.391. The lowest BCUT2D eigenvalue weighted by atomic mass is 10.1. The summed E-state index contributed by atoms with van der Waals surface area (Å²) in [6, 6.07) is 5.11. The number of thiophene rings is 1. The number of benzene rings is 1. The molecule has 0 fully saturated rings. The first-order valence-electron chi connectivity index (χ1n) is 9.63. The highest BCUT2D eigenvalue weighted by molar-refractivity contribution is 7.33. The Morgan fingerprint density at radius 1 is 1.23 bits per heavy atom. The summed E-state index contributed by atoms with van der Waals surface area (Å²) in [6.45, 7) is 9.92. The van der Waals surface area contributed by atoms with Crippen molar-refractivity contribution in [1.29, 1.82) is 0 Å². The summed E-state index contributed by atoms with van der Waals surface area (Å²) in [5.41, 5.74) is -0.183. The molecule has 0 aliphatic heterocycles. The number of hydrogen-bond acceptors (Lipinski definition) is 7. The van der Waals surface area contributed by atoms with Gasteiger partial charge in [-0.25, -0.2) is 9.59 Å². The minimum Gasteiger partial charge on any atom is -0.590 e. The van der Waals surface area contributed by atoms with E-state index in [1.165, 1.54) is 14.2 Å². The van der Waals surface area contributed by atoms with Gasteiger partial charge in [0.25, 0.3) is 4.88 Å². The largest absolute Gasteiger partial charge is 0.590 e. The molecule has 9 heteroatoms. The zero-order chi connectivity index (χ0) is 22.6. The molecule has 0 spiro atoms. The van der Waals surface area contributed by atoms with Crippen molar-refractivity contribution in [2.24, 2.45) is 5.92 Å². The van der Waals surface area contributed by atoms with E-state index in [-0.39, 0.29) is 17.5 Å². The van der Waals surface area contributed by atoms with Crippen molar-refractivity contribution in [3.63, 3.8) is 0 Å². The second kappa shape index (κ2) is 9.53. The molecule has 0 saturated heterocycles. The van der Waals surface area contributed by atoms with Crippen molar-refractivity contribution in [3.8, 4) is 5.75 Å². The number of amides is 1. The fraction of sp³-hybridized carbons (Fsp3) is 0.524. The summed E-state index contributed by atoms with van der Waals surface area (Å²) in [5, 5.41) is 3.33. The van der Waals surface area contributed by atoms with Crippen molar-refractivity contribution >= 4 is 38.6 Å². The third-order valence-electron chi connectivity index (χ3n) is 4.13. The first kappa shape index (κ1) is 23.8. The van der Waals surface area contributed by atoms with E-state index in [1.807, 2.05) is 18.7 Å². The fourth-order valence-electron chi connectivity index (χ4n) is 3.03. The summed E-state index contributed by atoms with van der Waals surface area (Å²) in [4.78, 5) is 26.6. The van der Waals surface area contributed by atoms with E-state index in [1.54, 1.807) is 39.0 Å². The third kappa shape index (κ3) is 5.54. The van der Waals surface area contributed by atoms with Crippen LogP contribution in [-0.4, -0.2) is 49.6 Å². The number of nitrogens with zero attached hydrogens (tertiary/aromatic N) is 1. The van der Waals surface area contributed by atoms with Gasteiger partial charge in [0.2, 0.25) is 0 Å². The predicted molar refractivity (Wildman–Crippen MR) is 117 cm³/mol. The van der Waals surface area contributed by atoms with Crippen molar-refractivity contribution < 1.29 is 28.4 Å². The van der Waals surface area contributed by atoms with E-state index >= 15 is 0 Å². The molecular formula is C21H30N2O6S. The second-order valence-electron chi connectivity index (χ2n) is 8.25. The molecule has 1 aromatic heterocycles. The standard InChI is InChI=1S/C21H30N2O6S/c1-13(2)11-23(12-22-20(25)29-21(3,4)5)17-15-10-14(27-6)8-9-16(15)30(26)18(17)19(24)28-7/h8-10,13H,11-12H2,1-7H3,(H,22,25). The molecule has 1 heterocycles. The minimum absolute atomic E-state index is 0.0485. The van der Waals surface area contributed by atoms with Crippen LogP contribution < -0.4 is 15.0 Å². The monoisotopic (exact) mass is 438 g/mol. The SMILES string of the molecule is COC(=O)c1c(N(CNC(=O)OC(C)(C)C)CC(C)C)c2cc(OC)ccc2[s+]1[O-]. The van der Waals surface area contributed by atoms with Gasteiger partial charge in [-0.3, -0.25) is 0 Å². The number of ether oxygens (including phenoxy) is 3. The fourth-order valence-corrected chi connectivity index (χ4v) is 4.45. The molecule has 1 amide bonds. The lowest BCUT2D eigenvalue weighted by Gasteiger charge is -2.27. The smallest absolute Gasteiger partial charge is 0.409 e. The van der Waals surface area contributed by atoms with Crippen molar-refractivity contribution in [2.45, 2.75) is 40.2 Å². The molecule has 1 atom stereocenters. The van der Waals surface area contributed by atoms with Gasteiger partial charge in [0.1, 0.15) is 17.0 Å². The number of hydrogen-bond donors (Lipinski definition) is 1. The lowest BCUT2D eigenvalue weighted by Crippen LogP contribution is -2.42. The Morgan fingerprint density at radius 3 is 2.43 bits per heavy atom. The number of nitrogens with one attached hydrogen (secondary N) is 1. The van der Waals surface area contributed by atoms with E-state index in [2.05, 4.69) is 5.32 Å². The molecule has 30 heavy (non-hydrogen) atoms. The first-order chi connectivity index (χ1) is 14.0. The molecule has 0 bridgehead atoms. The topological polar surface area (TPSA) is 100 Å². The zero-order valence-electron chi connectivity index (χ0n) is 18.5. The normalized spacial score (nSPS) is 12.1. The van der Waals surface area contributed by atoms with Crippen molar-refractivity contribution in [1.82, 2.24) is 5.32 Å². The molecule has 1 N–H and O–H groups in total. The Balaban J connectivity index is 2.56. The number of anilines is 1. The summed E-state index contributed by atoms with van der Waals surface area (Å²) in [5.74, 6) is 0.0865. The van der Waals surface area contributed by atoms with Crippen LogP contribution >= 0.6 is 10.8 Å². The molecule has 1 unspecified atom stereocenters. The molecule has 0 aliphatic rings. The van der Waals surface area contributed by atoms with Crippen molar-refractivity contribution in [2.75, 3.05) is 32.3 Å². The molecule has 8 nitrogen and oxygen atoms in total. The van der Waals surface area contributed by atoms with Crippen LogP contribution in [0.3, 0.4) is 0 Å². The number of carbonyl (C=O) groups excluding carboxylic acids is 2. The number of esters is 1. The van der Waals surface area contributed by atoms with E-state index in [0.29, 0.717) is 28.1 Å². The first-order valence-corrected chi connectivity index (χ1v) is 10.8. The van der Waals surface area contributed by atoms with Gasteiger partial charge in [-0.15, -0.1) is 0 Å². The molecule has 0 saturated carbocycles. The molecule has 0 radical (unpaired) electrons. The average molecular weight is 439 g/mol. The van der Waals surface area contributed by atoms with Gasteiger partial charge >= 0.3 is 12.1 Å². The highest BCUT2D eigenvalue weighted by atomic mass is 32.2. The Kier molecular flexibility index (Phi) is 7.54. The number of rotatable bonds is 7. The Labute approximate surface area is 179 Å². The maximum Gasteiger partial charge on any atom is 0.409 e. The maximum atomic E-state index is 13.1. The summed E-state index contributed by atoms with van der Waals surface area (Å²) in [7, 11) is 1.08. The molecule has 2 rings (SSSR count). The lowest BCUT2D eigenvalue weighted by molar-refractivity contribution is 0.0527. The van der Waals surface area contributed by atoms with Crippen LogP contribution in [-0.2, 0) is 9.47 Å². The van der Waals surface area contributed by atoms with E-state index in [0.717, 1.165) is 0 Å². The van der Waals surface area contributed by atoms with Crippen LogP contribution in [0.15, 0.2) is 18.2 Å². The van der Waals surface area contributed by atoms with Gasteiger partial charge in [0.15, 0.2) is 4.70 Å². The number of methoxy groups -OCH3 is 2. The Hall–Kier alpha value is -2.52. The summed E-state index contributed by atoms with van der Waals surface area (Å²) in [6.07, 6.45) is -0.582. The molecule has 0 aliphatic carbocycles. The van der Waals surface area contributed by atoms with E-state index < -0.39 is 28.4 Å². The Bertz CT molecular complexity index is 916. The summed E-state index contributed by atoms with van der Waals surface area (Å²) < 4.78 is 29.1. The van der Waals surface area contributed by atoms with Gasteiger partial charge in [-0.1, -0.05) is 13.8 Å². The van der Waals surface area contributed by atoms with E-state index in [9.17, 15) is 14.1 Å². The average Bonchev–Trinajstić information content (AvgIpc) is 2.94. The van der Waals surface area contributed by atoms with Crippen molar-refractivity contribution in [3.05, 3.63) is 23.1 Å². The van der Waals surface area contributed by atoms with Crippen LogP contribution in [0.1, 0.15) is 44.3 Å². The van der Waals surface area contributed by atoms with Gasteiger partial charge in [-0.2, -0.15) is 0 Å². The van der Waals surface area contributed by atoms with E-state index in [4.69, 9.17) is 14.2 Å². The number of carbonyl (C=O) groups is 2. The zero-order valence-corrected chi connectivity index (χ0v) is 19.3. The third-order valence-corrected chi connectivity index (χ3v) is 5.61. The number of alkyl carbamates (subject to hydrolysis) is 1. The molecule has 2 aromatic rings. The Morgan fingerprint density at radius 2 is 1.90 bits per heavy atom. The van der Waals surface area contributed by atoms with Gasteiger partial charge in [-0.05, 0) is 49.6 Å². The molecular weight excluding hydrogens is 408 g/mol. The van der Waals surface area contributed by atoms with Crippen LogP contribution in [0.5, 0.6) is 5.75 Å². The highest BCUT2D eigenvalue weighted by Gasteiger charge is 2.33. The second-order valence-corrected chi connectivity index (χ2v) is 9.64. The maximum absolute atomic E-state index is 13.1. The number of fused-ring (bicyclic) bond motifs is 1. The molecule has 1 aromatic carbocycles. The van der Waals surface area contributed by atoms with Crippen LogP contribution in [0.4, 0.5) is 10.5 Å². The highest BCUT2D eigenvalue weighted by Crippen LogP contribution is 2.45. The molecule has 166 valence electrons. The van der Waals surface area contributed by atoms with Crippen LogP contribution in [0.2, 0.25) is 0 Å². The summed E-state index contributed by atoms with van der Waals surface area (Å²) >= 11 is 0. The van der Waals surface area contributed by atoms with Gasteiger partial charge in [0, 0.05) is 12.6 Å². The predicted octanol–water partition coefficient (Wildman–Crippen LogP) is 4.31. The minimum atomic E-state index is -1.71. The van der Waals surface area contributed by atoms with Crippen LogP contribution in [0, 0.1) is 5.92 Å².